The van der Waals surface area contributed by atoms with Crippen LogP contribution in [0.2, 0.25) is 0 Å². The number of aromatic nitrogens is 4. The third-order valence-electron chi connectivity index (χ3n) is 4.63. The molecule has 0 aliphatic heterocycles. The Morgan fingerprint density at radius 2 is 1.88 bits per heavy atom. The minimum absolute atomic E-state index is 0.761. The van der Waals surface area contributed by atoms with E-state index >= 15 is 0 Å². The summed E-state index contributed by atoms with van der Waals surface area (Å²) < 4.78 is 5.51. The highest BCUT2D eigenvalue weighted by molar-refractivity contribution is 5.93. The average Bonchev–Trinajstić information content (AvgIpc) is 3.33. The van der Waals surface area contributed by atoms with Crippen LogP contribution >= 0.6 is 0 Å². The maximum absolute atomic E-state index is 5.51. The molecule has 5 aromatic rings. The molecule has 0 amide bonds. The van der Waals surface area contributed by atoms with Gasteiger partial charge in [-0.2, -0.15) is 0 Å². The molecule has 3 heterocycles. The first-order valence-corrected chi connectivity index (χ1v) is 8.38. The van der Waals surface area contributed by atoms with Gasteiger partial charge in [-0.15, -0.1) is 0 Å². The molecule has 0 fully saturated rings. The van der Waals surface area contributed by atoms with Crippen LogP contribution in [0, 0.1) is 0 Å². The van der Waals surface area contributed by atoms with E-state index < -0.39 is 0 Å². The fraction of sp³-hybridized carbons (Fsp3) is 0.0476. The fourth-order valence-corrected chi connectivity index (χ4v) is 3.32. The number of benzene rings is 2. The molecular weight excluding hydrogens is 324 g/mol. The zero-order valence-corrected chi connectivity index (χ0v) is 14.2. The quantitative estimate of drug-likeness (QED) is 0.496. The Morgan fingerprint density at radius 1 is 0.962 bits per heavy atom. The van der Waals surface area contributed by atoms with Crippen molar-refractivity contribution in [2.45, 2.75) is 0 Å². The highest BCUT2D eigenvalue weighted by atomic mass is 16.5. The Bertz CT molecular complexity index is 1240. The fourth-order valence-electron chi connectivity index (χ4n) is 3.32. The number of H-pyrrole nitrogens is 2. The van der Waals surface area contributed by atoms with Crippen LogP contribution in [-0.4, -0.2) is 27.0 Å². The Kier molecular flexibility index (Phi) is 3.25. The van der Waals surface area contributed by atoms with Crippen molar-refractivity contribution >= 4 is 22.1 Å². The molecule has 2 N–H and O–H groups in total. The van der Waals surface area contributed by atoms with Gasteiger partial charge in [-0.1, -0.05) is 24.3 Å². The molecule has 3 aromatic heterocycles. The molecule has 0 unspecified atom stereocenters. The molecule has 0 saturated carbocycles. The van der Waals surface area contributed by atoms with Crippen LogP contribution in [-0.2, 0) is 0 Å². The second-order valence-corrected chi connectivity index (χ2v) is 6.13. The summed E-state index contributed by atoms with van der Waals surface area (Å²) in [6, 6.07) is 16.2. The number of nitrogens with zero attached hydrogens (tertiary/aromatic N) is 2. The lowest BCUT2D eigenvalue weighted by Crippen LogP contribution is -1.90. The third kappa shape index (κ3) is 2.25. The summed E-state index contributed by atoms with van der Waals surface area (Å²) in [5, 5.41) is 1.16. The number of hydrogen-bond donors (Lipinski definition) is 2. The van der Waals surface area contributed by atoms with E-state index in [2.05, 4.69) is 39.2 Å². The summed E-state index contributed by atoms with van der Waals surface area (Å²) in [6.07, 6.45) is 5.68. The van der Waals surface area contributed by atoms with Gasteiger partial charge < -0.3 is 14.7 Å². The number of fused-ring (bicyclic) bond motifs is 2. The van der Waals surface area contributed by atoms with Crippen LogP contribution in [0.3, 0.4) is 0 Å². The minimum atomic E-state index is 0.761. The second kappa shape index (κ2) is 5.74. The molecule has 0 aliphatic rings. The van der Waals surface area contributed by atoms with Gasteiger partial charge in [0.05, 0.1) is 19.0 Å². The first kappa shape index (κ1) is 14.7. The first-order valence-electron chi connectivity index (χ1n) is 8.38. The van der Waals surface area contributed by atoms with Gasteiger partial charge in [0.2, 0.25) is 0 Å². The molecule has 5 heteroatoms. The zero-order valence-electron chi connectivity index (χ0n) is 14.2. The summed E-state index contributed by atoms with van der Waals surface area (Å²) >= 11 is 0. The summed E-state index contributed by atoms with van der Waals surface area (Å²) in [6.45, 7) is 0. The average molecular weight is 340 g/mol. The van der Waals surface area contributed by atoms with Gasteiger partial charge in [0.25, 0.3) is 0 Å². The van der Waals surface area contributed by atoms with Crippen LogP contribution in [0.4, 0.5) is 0 Å². The molecule has 2 aromatic carbocycles. The van der Waals surface area contributed by atoms with Gasteiger partial charge >= 0.3 is 0 Å². The van der Waals surface area contributed by atoms with Crippen molar-refractivity contribution in [2.75, 3.05) is 7.11 Å². The number of ether oxygens (including phenoxy) is 1. The largest absolute Gasteiger partial charge is 0.496 e. The van der Waals surface area contributed by atoms with E-state index in [0.29, 0.717) is 0 Å². The maximum Gasteiger partial charge on any atom is 0.156 e. The molecule has 0 radical (unpaired) electrons. The molecule has 0 bridgehead atoms. The number of rotatable bonds is 3. The van der Waals surface area contributed by atoms with Gasteiger partial charge in [-0.05, 0) is 24.3 Å². The van der Waals surface area contributed by atoms with E-state index in [4.69, 9.17) is 9.72 Å². The van der Waals surface area contributed by atoms with Gasteiger partial charge in [0, 0.05) is 40.0 Å². The van der Waals surface area contributed by atoms with E-state index in [9.17, 15) is 0 Å². The highest BCUT2D eigenvalue weighted by Gasteiger charge is 2.14. The number of nitrogens with one attached hydrogen (secondary N) is 2. The van der Waals surface area contributed by atoms with Crippen LogP contribution in [0.15, 0.2) is 67.1 Å². The number of methoxy groups -OCH3 is 1. The number of hydrogen-bond acceptors (Lipinski definition) is 3. The Labute approximate surface area is 149 Å². The van der Waals surface area contributed by atoms with Crippen molar-refractivity contribution in [3.05, 3.63) is 67.1 Å². The molecule has 26 heavy (non-hydrogen) atoms. The van der Waals surface area contributed by atoms with E-state index in [0.717, 1.165) is 50.2 Å². The third-order valence-corrected chi connectivity index (χ3v) is 4.63. The van der Waals surface area contributed by atoms with E-state index in [1.165, 1.54) is 0 Å². The molecule has 0 aliphatic carbocycles. The maximum atomic E-state index is 5.51. The molecule has 0 saturated heterocycles. The summed E-state index contributed by atoms with van der Waals surface area (Å²) in [7, 11) is 1.68. The Balaban J connectivity index is 1.69. The van der Waals surface area contributed by atoms with Crippen LogP contribution in [0.1, 0.15) is 0 Å². The van der Waals surface area contributed by atoms with Crippen LogP contribution in [0.5, 0.6) is 5.75 Å². The first-order chi connectivity index (χ1) is 12.8. The molecule has 0 atom stereocenters. The van der Waals surface area contributed by atoms with E-state index in [1.807, 2.05) is 36.7 Å². The lowest BCUT2D eigenvalue weighted by atomic mass is 10.1. The Hall–Kier alpha value is -3.60. The van der Waals surface area contributed by atoms with Crippen molar-refractivity contribution in [3.63, 3.8) is 0 Å². The van der Waals surface area contributed by atoms with Crippen molar-refractivity contribution in [2.24, 2.45) is 0 Å². The molecule has 126 valence electrons. The predicted octanol–water partition coefficient (Wildman–Crippen LogP) is 4.78. The predicted molar refractivity (Wildman–Crippen MR) is 103 cm³/mol. The molecule has 0 spiro atoms. The molecular formula is C21H16N4O. The van der Waals surface area contributed by atoms with Crippen molar-refractivity contribution in [1.82, 2.24) is 19.9 Å². The number of para-hydroxylation sites is 1. The van der Waals surface area contributed by atoms with Crippen molar-refractivity contribution in [3.8, 4) is 28.1 Å². The van der Waals surface area contributed by atoms with Crippen molar-refractivity contribution in [1.29, 1.82) is 0 Å². The highest BCUT2D eigenvalue weighted by Crippen LogP contribution is 2.34. The van der Waals surface area contributed by atoms with Gasteiger partial charge in [0.15, 0.2) is 5.65 Å². The van der Waals surface area contributed by atoms with Crippen molar-refractivity contribution < 1.29 is 4.74 Å². The monoisotopic (exact) mass is 340 g/mol. The summed E-state index contributed by atoms with van der Waals surface area (Å²) in [5.74, 6) is 0.814. The summed E-state index contributed by atoms with van der Waals surface area (Å²) in [4.78, 5) is 15.9. The normalized spacial score (nSPS) is 11.3. The molecule has 5 rings (SSSR count). The smallest absolute Gasteiger partial charge is 0.156 e. The standard InChI is InChI=1S/C21H16N4O/c1-26-19-5-3-2-4-15(19)16-11-23-21-20(16)25-18(12-24-21)13-6-7-17-14(10-13)8-9-22-17/h2-12,22H,1H3,(H,23,24). The van der Waals surface area contributed by atoms with E-state index in [1.54, 1.807) is 13.3 Å². The van der Waals surface area contributed by atoms with E-state index in [-0.39, 0.29) is 0 Å². The second-order valence-electron chi connectivity index (χ2n) is 6.13. The van der Waals surface area contributed by atoms with Crippen LogP contribution in [0.25, 0.3) is 44.5 Å². The topological polar surface area (TPSA) is 66.6 Å². The van der Waals surface area contributed by atoms with Gasteiger partial charge in [0.1, 0.15) is 11.3 Å². The van der Waals surface area contributed by atoms with Gasteiger partial charge in [-0.3, -0.25) is 0 Å². The lowest BCUT2D eigenvalue weighted by Gasteiger charge is -2.07. The zero-order chi connectivity index (χ0) is 17.5. The Morgan fingerprint density at radius 3 is 2.81 bits per heavy atom. The SMILES string of the molecule is COc1ccccc1-c1c[nH]c2ncc(-c3ccc4[nH]ccc4c3)nc12. The van der Waals surface area contributed by atoms with Crippen LogP contribution < -0.4 is 4.74 Å². The lowest BCUT2D eigenvalue weighted by molar-refractivity contribution is 0.416. The molecule has 5 nitrogen and oxygen atoms in total. The number of aromatic amines is 2. The minimum Gasteiger partial charge on any atom is -0.496 e. The summed E-state index contributed by atoms with van der Waals surface area (Å²) in [5.41, 5.74) is 6.57. The van der Waals surface area contributed by atoms with Gasteiger partial charge in [-0.25, -0.2) is 9.97 Å².